The van der Waals surface area contributed by atoms with Crippen LogP contribution in [-0.2, 0) is 16.0 Å². The van der Waals surface area contributed by atoms with Crippen molar-refractivity contribution in [3.8, 4) is 17.6 Å². The third-order valence-electron chi connectivity index (χ3n) is 9.91. The van der Waals surface area contributed by atoms with E-state index in [0.717, 1.165) is 32.6 Å². The van der Waals surface area contributed by atoms with Crippen molar-refractivity contribution in [3.63, 3.8) is 0 Å². The van der Waals surface area contributed by atoms with Crippen LogP contribution in [-0.4, -0.2) is 43.4 Å². The van der Waals surface area contributed by atoms with E-state index in [1.807, 2.05) is 13.8 Å². The van der Waals surface area contributed by atoms with Crippen LogP contribution in [0.3, 0.4) is 0 Å². The van der Waals surface area contributed by atoms with Crippen LogP contribution >= 0.6 is 0 Å². The van der Waals surface area contributed by atoms with Gasteiger partial charge in [-0.3, -0.25) is 14.4 Å². The molecule has 1 saturated carbocycles. The maximum Gasteiger partial charge on any atom is 0.209 e. The molecule has 1 fully saturated rings. The molecule has 0 saturated heterocycles. The van der Waals surface area contributed by atoms with E-state index in [9.17, 15) is 34.8 Å². The van der Waals surface area contributed by atoms with Crippen LogP contribution in [0.5, 0.6) is 5.75 Å². The Morgan fingerprint density at radius 1 is 1.05 bits per heavy atom. The fourth-order valence-corrected chi connectivity index (χ4v) is 8.28. The number of rotatable bonds is 2. The van der Waals surface area contributed by atoms with Crippen LogP contribution in [0, 0.1) is 40.4 Å². The molecule has 1 unspecified atom stereocenters. The molecule has 4 aliphatic rings. The number of aromatic hydroxyl groups is 1. The minimum Gasteiger partial charge on any atom is -0.511 e. The number of carbonyl (C=O) groups is 3. The molecule has 0 bridgehead atoms. The lowest BCUT2D eigenvalue weighted by Crippen LogP contribution is -2.67. The van der Waals surface area contributed by atoms with Crippen LogP contribution in [0.2, 0.25) is 0 Å². The van der Waals surface area contributed by atoms with Crippen molar-refractivity contribution in [2.24, 2.45) is 28.6 Å². The van der Waals surface area contributed by atoms with Gasteiger partial charge in [0.05, 0.1) is 5.56 Å². The van der Waals surface area contributed by atoms with Gasteiger partial charge in [-0.1, -0.05) is 58.8 Å². The number of carbonyl (C=O) groups excluding carboxylic acids is 3. The van der Waals surface area contributed by atoms with Crippen molar-refractivity contribution in [2.75, 3.05) is 0 Å². The van der Waals surface area contributed by atoms with Crippen molar-refractivity contribution >= 4 is 17.3 Å². The summed E-state index contributed by atoms with van der Waals surface area (Å²) < 4.78 is 0. The van der Waals surface area contributed by atoms with E-state index in [4.69, 9.17) is 0 Å². The molecule has 4 aliphatic carbocycles. The summed E-state index contributed by atoms with van der Waals surface area (Å²) >= 11 is 0. The lowest BCUT2D eigenvalue weighted by molar-refractivity contribution is -0.171. The maximum absolute atomic E-state index is 14.1. The summed E-state index contributed by atoms with van der Waals surface area (Å²) in [5.74, 6) is 1.78. The Balaban J connectivity index is 1.73. The van der Waals surface area contributed by atoms with Crippen LogP contribution in [0.15, 0.2) is 34.8 Å². The second-order valence-corrected chi connectivity index (χ2v) is 13.1. The lowest BCUT2D eigenvalue weighted by atomic mass is 9.44. The minimum absolute atomic E-state index is 0.00974. The third kappa shape index (κ3) is 3.72. The van der Waals surface area contributed by atoms with Crippen molar-refractivity contribution in [3.05, 3.63) is 51.5 Å². The number of ketones is 3. The number of aliphatic hydroxyl groups excluding tert-OH is 2. The van der Waals surface area contributed by atoms with Gasteiger partial charge in [-0.05, 0) is 56.2 Å². The van der Waals surface area contributed by atoms with Gasteiger partial charge in [0.15, 0.2) is 17.2 Å². The monoisotopic (exact) mass is 546 g/mol. The van der Waals surface area contributed by atoms with Gasteiger partial charge >= 0.3 is 0 Å². The number of aliphatic hydroxyl groups is 3. The van der Waals surface area contributed by atoms with Gasteiger partial charge in [0, 0.05) is 33.8 Å². The SMILES string of the molecule is CC(=O)C1=C(O)C(C(C)C)[C@@]2(C)C[C@@]3(C)Cc4c(C#CC5CCCCC5)ccc(O)c4C(=O)C3=C(O)[C@@]2(O)C1=O. The highest BCUT2D eigenvalue weighted by Gasteiger charge is 2.71. The summed E-state index contributed by atoms with van der Waals surface area (Å²) in [6.45, 7) is 8.19. The predicted molar refractivity (Wildman–Crippen MR) is 149 cm³/mol. The summed E-state index contributed by atoms with van der Waals surface area (Å²) in [6, 6.07) is 3.13. The summed E-state index contributed by atoms with van der Waals surface area (Å²) in [5, 5.41) is 45.9. The largest absolute Gasteiger partial charge is 0.511 e. The zero-order valence-corrected chi connectivity index (χ0v) is 23.9. The molecular formula is C33H38O7. The first-order valence-electron chi connectivity index (χ1n) is 14.3. The summed E-state index contributed by atoms with van der Waals surface area (Å²) in [4.78, 5) is 40.3. The molecule has 1 aromatic carbocycles. The molecule has 0 radical (unpaired) electrons. The minimum atomic E-state index is -2.61. The smallest absolute Gasteiger partial charge is 0.209 e. The highest BCUT2D eigenvalue weighted by Crippen LogP contribution is 2.65. The Kier molecular flexibility index (Phi) is 6.58. The van der Waals surface area contributed by atoms with Crippen molar-refractivity contribution in [2.45, 2.75) is 85.2 Å². The summed E-state index contributed by atoms with van der Waals surface area (Å²) in [6.07, 6.45) is 5.85. The van der Waals surface area contributed by atoms with Crippen LogP contribution in [0.25, 0.3) is 0 Å². The van der Waals surface area contributed by atoms with Crippen LogP contribution in [0.4, 0.5) is 0 Å². The Hall–Kier alpha value is -3.37. The Morgan fingerprint density at radius 3 is 2.30 bits per heavy atom. The molecule has 40 heavy (non-hydrogen) atoms. The number of fused-ring (bicyclic) bond motifs is 3. The van der Waals surface area contributed by atoms with Crippen molar-refractivity contribution in [1.82, 2.24) is 0 Å². The lowest BCUT2D eigenvalue weighted by Gasteiger charge is -2.59. The fraction of sp³-hybridized carbons (Fsp3) is 0.545. The second kappa shape index (κ2) is 9.34. The van der Waals surface area contributed by atoms with E-state index in [1.54, 1.807) is 19.9 Å². The molecule has 4 atom stereocenters. The number of hydrogen-bond donors (Lipinski definition) is 4. The van der Waals surface area contributed by atoms with Gasteiger partial charge in [-0.2, -0.15) is 0 Å². The molecule has 0 amide bonds. The number of hydrogen-bond acceptors (Lipinski definition) is 7. The standard InChI is InChI=1S/C33H38O7/c1-17(2)25-27(36)23(18(3)34)29(38)33(40)30(39)26-28(37)24-21(15-31(26,4)16-32(25,33)5)20(13-14-22(24)35)12-11-19-9-7-6-8-10-19/h13-14,17,19,25,35-36,39-40H,6-10,15-16H2,1-5H3/t25?,31-,32-,33+/m1/s1. The van der Waals surface area contributed by atoms with Crippen LogP contribution < -0.4 is 0 Å². The molecule has 0 aliphatic heterocycles. The van der Waals surface area contributed by atoms with E-state index in [2.05, 4.69) is 11.8 Å². The number of phenolic OH excluding ortho intramolecular Hbond substituents is 1. The zero-order valence-electron chi connectivity index (χ0n) is 23.9. The first-order valence-corrected chi connectivity index (χ1v) is 14.3. The number of allylic oxidation sites excluding steroid dienone is 2. The van der Waals surface area contributed by atoms with Gasteiger partial charge < -0.3 is 20.4 Å². The average Bonchev–Trinajstić information content (AvgIpc) is 2.86. The third-order valence-corrected chi connectivity index (χ3v) is 9.91. The maximum atomic E-state index is 14.1. The number of benzene rings is 1. The molecule has 7 heteroatoms. The molecule has 4 N–H and O–H groups in total. The van der Waals surface area contributed by atoms with Gasteiger partial charge in [0.25, 0.3) is 0 Å². The number of Topliss-reactive ketones (excluding diaryl/α,β-unsaturated/α-hetero) is 3. The highest BCUT2D eigenvalue weighted by atomic mass is 16.3. The van der Waals surface area contributed by atoms with E-state index >= 15 is 0 Å². The second-order valence-electron chi connectivity index (χ2n) is 13.1. The first-order chi connectivity index (χ1) is 18.7. The van der Waals surface area contributed by atoms with Crippen molar-refractivity contribution in [1.29, 1.82) is 0 Å². The predicted octanol–water partition coefficient (Wildman–Crippen LogP) is 5.28. The molecule has 0 spiro atoms. The van der Waals surface area contributed by atoms with Crippen LogP contribution in [0.1, 0.15) is 94.6 Å². The Labute approximate surface area is 235 Å². The molecule has 7 nitrogen and oxygen atoms in total. The van der Waals surface area contributed by atoms with E-state index in [-0.39, 0.29) is 41.6 Å². The quantitative estimate of drug-likeness (QED) is 0.293. The molecule has 0 heterocycles. The molecular weight excluding hydrogens is 508 g/mol. The number of phenols is 1. The average molecular weight is 547 g/mol. The Bertz CT molecular complexity index is 1460. The molecule has 1 aromatic rings. The summed E-state index contributed by atoms with van der Waals surface area (Å²) in [5.41, 5.74) is -4.57. The highest BCUT2D eigenvalue weighted by molar-refractivity contribution is 6.25. The Morgan fingerprint density at radius 2 is 1.70 bits per heavy atom. The van der Waals surface area contributed by atoms with Gasteiger partial charge in [-0.15, -0.1) is 0 Å². The van der Waals surface area contributed by atoms with Gasteiger partial charge in [-0.25, -0.2) is 0 Å². The van der Waals surface area contributed by atoms with Crippen molar-refractivity contribution < 1.29 is 34.8 Å². The first kappa shape index (κ1) is 28.2. The zero-order chi connectivity index (χ0) is 29.4. The summed E-state index contributed by atoms with van der Waals surface area (Å²) in [7, 11) is 0. The van der Waals surface area contributed by atoms with Gasteiger partial charge in [0.1, 0.15) is 22.8 Å². The fourth-order valence-electron chi connectivity index (χ4n) is 8.28. The van der Waals surface area contributed by atoms with E-state index in [1.165, 1.54) is 12.5 Å². The normalized spacial score (nSPS) is 32.3. The van der Waals surface area contributed by atoms with E-state index < -0.39 is 56.8 Å². The topological polar surface area (TPSA) is 132 Å². The van der Waals surface area contributed by atoms with E-state index in [0.29, 0.717) is 11.1 Å². The molecule has 5 rings (SSSR count). The van der Waals surface area contributed by atoms with Gasteiger partial charge in [0.2, 0.25) is 5.78 Å². The molecule has 0 aromatic heterocycles. The molecule has 212 valence electrons.